The third-order valence-electron chi connectivity index (χ3n) is 5.67. The van der Waals surface area contributed by atoms with Gasteiger partial charge in [0, 0.05) is 49.6 Å². The van der Waals surface area contributed by atoms with E-state index in [9.17, 15) is 4.79 Å². The predicted molar refractivity (Wildman–Crippen MR) is 131 cm³/mol. The molecule has 4 heterocycles. The molecule has 32 heavy (non-hydrogen) atoms. The minimum absolute atomic E-state index is 0.113. The Bertz CT molecular complexity index is 1210. The second-order valence-electron chi connectivity index (χ2n) is 7.74. The van der Waals surface area contributed by atoms with Crippen LogP contribution in [0.4, 0.5) is 5.82 Å². The highest BCUT2D eigenvalue weighted by Crippen LogP contribution is 2.38. The summed E-state index contributed by atoms with van der Waals surface area (Å²) in [6.07, 6.45) is 0.895. The lowest BCUT2D eigenvalue weighted by molar-refractivity contribution is 0.0767. The van der Waals surface area contributed by atoms with E-state index in [0.29, 0.717) is 19.0 Å². The number of amides is 1. The van der Waals surface area contributed by atoms with Gasteiger partial charge in [-0.15, -0.1) is 11.3 Å². The number of ether oxygens (including phenoxy) is 1. The Kier molecular flexibility index (Phi) is 6.16. The number of thiophene rings is 2. The van der Waals surface area contributed by atoms with Crippen molar-refractivity contribution in [2.75, 3.05) is 38.2 Å². The van der Waals surface area contributed by atoms with Gasteiger partial charge in [0.25, 0.3) is 5.91 Å². The standard InChI is InChI=1S/C24H24N4O2S2/c1-30-14-20-25-22(21-19(16-32-23(21)26-20)17-6-3-2-4-7-17)27-9-5-10-28(12-11-27)24(29)18-8-13-31-15-18/h2-4,6-8,13,15-16H,5,9-12,14H2,1H3. The van der Waals surface area contributed by atoms with E-state index in [0.717, 1.165) is 58.8 Å². The SMILES string of the molecule is COCc1nc(N2CCCN(C(=O)c3ccsc3)CC2)c2c(-c3ccccc3)csc2n1. The summed E-state index contributed by atoms with van der Waals surface area (Å²) >= 11 is 3.20. The molecule has 0 unspecified atom stereocenters. The highest BCUT2D eigenvalue weighted by atomic mass is 32.1. The molecule has 5 rings (SSSR count). The smallest absolute Gasteiger partial charge is 0.254 e. The monoisotopic (exact) mass is 464 g/mol. The van der Waals surface area contributed by atoms with Gasteiger partial charge in [-0.05, 0) is 23.4 Å². The molecule has 6 nitrogen and oxygen atoms in total. The zero-order valence-electron chi connectivity index (χ0n) is 17.9. The molecule has 1 aromatic carbocycles. The van der Waals surface area contributed by atoms with Gasteiger partial charge in [-0.2, -0.15) is 11.3 Å². The van der Waals surface area contributed by atoms with E-state index in [-0.39, 0.29) is 5.91 Å². The molecule has 1 aliphatic heterocycles. The molecule has 0 atom stereocenters. The Hall–Kier alpha value is -2.81. The molecule has 1 aliphatic rings. The fraction of sp³-hybridized carbons (Fsp3) is 0.292. The number of hydrogen-bond acceptors (Lipinski definition) is 7. The number of fused-ring (bicyclic) bond motifs is 1. The number of nitrogens with zero attached hydrogens (tertiary/aromatic N) is 4. The van der Waals surface area contributed by atoms with Gasteiger partial charge in [0.1, 0.15) is 17.3 Å². The van der Waals surface area contributed by atoms with Crippen LogP contribution in [0.5, 0.6) is 0 Å². The molecule has 1 amide bonds. The minimum Gasteiger partial charge on any atom is -0.377 e. The first kappa shape index (κ1) is 21.1. The highest BCUT2D eigenvalue weighted by molar-refractivity contribution is 7.17. The van der Waals surface area contributed by atoms with Crippen LogP contribution in [-0.2, 0) is 11.3 Å². The average molecular weight is 465 g/mol. The molecular formula is C24H24N4O2S2. The van der Waals surface area contributed by atoms with E-state index < -0.39 is 0 Å². The summed E-state index contributed by atoms with van der Waals surface area (Å²) in [6, 6.07) is 12.3. The number of anilines is 1. The molecule has 1 fully saturated rings. The van der Waals surface area contributed by atoms with Crippen molar-refractivity contribution in [3.8, 4) is 11.1 Å². The van der Waals surface area contributed by atoms with Crippen molar-refractivity contribution in [1.29, 1.82) is 0 Å². The van der Waals surface area contributed by atoms with Crippen LogP contribution in [0.2, 0.25) is 0 Å². The van der Waals surface area contributed by atoms with E-state index in [1.54, 1.807) is 29.8 Å². The van der Waals surface area contributed by atoms with Gasteiger partial charge in [0.05, 0.1) is 10.9 Å². The molecule has 8 heteroatoms. The van der Waals surface area contributed by atoms with Gasteiger partial charge in [0.2, 0.25) is 0 Å². The number of methoxy groups -OCH3 is 1. The quantitative estimate of drug-likeness (QED) is 0.420. The van der Waals surface area contributed by atoms with Gasteiger partial charge in [-0.1, -0.05) is 30.3 Å². The van der Waals surface area contributed by atoms with E-state index in [1.807, 2.05) is 27.8 Å². The zero-order chi connectivity index (χ0) is 21.9. The Morgan fingerprint density at radius 1 is 1.06 bits per heavy atom. The number of carbonyl (C=O) groups is 1. The van der Waals surface area contributed by atoms with Crippen LogP contribution < -0.4 is 4.90 Å². The summed E-state index contributed by atoms with van der Waals surface area (Å²) in [5.41, 5.74) is 3.09. The van der Waals surface area contributed by atoms with Crippen LogP contribution in [0, 0.1) is 0 Å². The van der Waals surface area contributed by atoms with Crippen molar-refractivity contribution in [3.63, 3.8) is 0 Å². The molecule has 0 N–H and O–H groups in total. The molecular weight excluding hydrogens is 440 g/mol. The molecule has 0 radical (unpaired) electrons. The Morgan fingerprint density at radius 2 is 1.94 bits per heavy atom. The first-order valence-electron chi connectivity index (χ1n) is 10.6. The molecule has 0 bridgehead atoms. The zero-order valence-corrected chi connectivity index (χ0v) is 19.5. The lowest BCUT2D eigenvalue weighted by atomic mass is 10.1. The van der Waals surface area contributed by atoms with Crippen molar-refractivity contribution >= 4 is 44.6 Å². The van der Waals surface area contributed by atoms with E-state index in [2.05, 4.69) is 34.5 Å². The highest BCUT2D eigenvalue weighted by Gasteiger charge is 2.24. The summed E-state index contributed by atoms with van der Waals surface area (Å²) in [5.74, 6) is 1.74. The minimum atomic E-state index is 0.113. The molecule has 0 spiro atoms. The summed E-state index contributed by atoms with van der Waals surface area (Å²) < 4.78 is 5.33. The molecule has 164 valence electrons. The molecule has 3 aromatic heterocycles. The lowest BCUT2D eigenvalue weighted by Gasteiger charge is -2.24. The van der Waals surface area contributed by atoms with Gasteiger partial charge in [-0.3, -0.25) is 4.79 Å². The summed E-state index contributed by atoms with van der Waals surface area (Å²) in [5, 5.41) is 7.12. The van der Waals surface area contributed by atoms with E-state index in [4.69, 9.17) is 14.7 Å². The van der Waals surface area contributed by atoms with Crippen LogP contribution >= 0.6 is 22.7 Å². The first-order chi connectivity index (χ1) is 15.7. The van der Waals surface area contributed by atoms with Crippen molar-refractivity contribution in [1.82, 2.24) is 14.9 Å². The Morgan fingerprint density at radius 3 is 2.72 bits per heavy atom. The number of hydrogen-bond donors (Lipinski definition) is 0. The first-order valence-corrected chi connectivity index (χ1v) is 12.5. The maximum Gasteiger partial charge on any atom is 0.254 e. The van der Waals surface area contributed by atoms with E-state index in [1.165, 1.54) is 0 Å². The van der Waals surface area contributed by atoms with Crippen LogP contribution in [0.25, 0.3) is 21.3 Å². The molecule has 0 aliphatic carbocycles. The lowest BCUT2D eigenvalue weighted by Crippen LogP contribution is -2.35. The van der Waals surface area contributed by atoms with Crippen molar-refractivity contribution in [2.24, 2.45) is 0 Å². The summed E-state index contributed by atoms with van der Waals surface area (Å²) in [7, 11) is 1.66. The van der Waals surface area contributed by atoms with Crippen LogP contribution in [0.3, 0.4) is 0 Å². The average Bonchev–Trinajstić information content (AvgIpc) is 3.44. The number of benzene rings is 1. The summed E-state index contributed by atoms with van der Waals surface area (Å²) in [4.78, 5) is 27.8. The van der Waals surface area contributed by atoms with Gasteiger partial charge >= 0.3 is 0 Å². The Balaban J connectivity index is 1.50. The fourth-order valence-corrected chi connectivity index (χ4v) is 5.71. The topological polar surface area (TPSA) is 58.6 Å². The predicted octanol–water partition coefficient (Wildman–Crippen LogP) is 4.92. The molecule has 0 saturated carbocycles. The maximum atomic E-state index is 12.9. The second kappa shape index (κ2) is 9.36. The third kappa shape index (κ3) is 4.13. The molecule has 1 saturated heterocycles. The second-order valence-corrected chi connectivity index (χ2v) is 9.37. The van der Waals surface area contributed by atoms with Crippen molar-refractivity contribution in [3.05, 3.63) is 63.9 Å². The fourth-order valence-electron chi connectivity index (χ4n) is 4.12. The third-order valence-corrected chi connectivity index (χ3v) is 7.23. The number of carbonyl (C=O) groups excluding carboxylic acids is 1. The number of rotatable bonds is 5. The normalized spacial score (nSPS) is 14.7. The summed E-state index contributed by atoms with van der Waals surface area (Å²) in [6.45, 7) is 3.37. The van der Waals surface area contributed by atoms with Crippen molar-refractivity contribution in [2.45, 2.75) is 13.0 Å². The maximum absolute atomic E-state index is 12.9. The van der Waals surface area contributed by atoms with Crippen molar-refractivity contribution < 1.29 is 9.53 Å². The van der Waals surface area contributed by atoms with Crippen LogP contribution in [0.1, 0.15) is 22.6 Å². The number of aromatic nitrogens is 2. The van der Waals surface area contributed by atoms with Crippen LogP contribution in [0.15, 0.2) is 52.5 Å². The van der Waals surface area contributed by atoms with Gasteiger partial charge in [0.15, 0.2) is 5.82 Å². The van der Waals surface area contributed by atoms with Gasteiger partial charge < -0.3 is 14.5 Å². The van der Waals surface area contributed by atoms with Gasteiger partial charge in [-0.25, -0.2) is 9.97 Å². The molecule has 4 aromatic rings. The van der Waals surface area contributed by atoms with Crippen LogP contribution in [-0.4, -0.2) is 54.1 Å². The van der Waals surface area contributed by atoms with E-state index >= 15 is 0 Å². The largest absolute Gasteiger partial charge is 0.377 e. The Labute approximate surface area is 195 Å².